The van der Waals surface area contributed by atoms with Gasteiger partial charge in [-0.05, 0) is 60.3 Å². The zero-order valence-electron chi connectivity index (χ0n) is 21.9. The molecule has 0 aliphatic carbocycles. The Labute approximate surface area is 214 Å². The number of hydrogen-bond donors (Lipinski definition) is 0. The van der Waals surface area contributed by atoms with Crippen molar-refractivity contribution in [3.05, 3.63) is 58.5 Å². The number of nitrogens with zero attached hydrogens (tertiary/aromatic N) is 4. The molecule has 2 amide bonds. The van der Waals surface area contributed by atoms with Crippen LogP contribution in [0.5, 0.6) is 0 Å². The topological polar surface area (TPSA) is 104 Å². The molecule has 9 nitrogen and oxygen atoms in total. The molecule has 0 bridgehead atoms. The van der Waals surface area contributed by atoms with Crippen LogP contribution in [0.4, 0.5) is 15.3 Å². The van der Waals surface area contributed by atoms with Crippen molar-refractivity contribution in [1.82, 2.24) is 14.5 Å². The molecule has 0 fully saturated rings. The van der Waals surface area contributed by atoms with Crippen LogP contribution in [0, 0.1) is 0 Å². The van der Waals surface area contributed by atoms with Gasteiger partial charge in [-0.2, -0.15) is 4.90 Å². The molecule has 192 valence electrons. The van der Waals surface area contributed by atoms with Gasteiger partial charge in [0, 0.05) is 12.3 Å². The third kappa shape index (κ3) is 6.23. The van der Waals surface area contributed by atoms with Crippen LogP contribution < -0.4 is 10.5 Å². The molecule has 2 aromatic heterocycles. The third-order valence-corrected chi connectivity index (χ3v) is 5.56. The van der Waals surface area contributed by atoms with Gasteiger partial charge in [0.25, 0.3) is 5.56 Å². The number of benzene rings is 1. The van der Waals surface area contributed by atoms with E-state index in [1.54, 1.807) is 41.5 Å². The van der Waals surface area contributed by atoms with Crippen LogP contribution in [0.15, 0.2) is 52.5 Å². The molecule has 0 saturated carbocycles. The van der Waals surface area contributed by atoms with Gasteiger partial charge in [0.2, 0.25) is 0 Å². The normalized spacial score (nSPS) is 12.8. The minimum atomic E-state index is -0.972. The molecule has 2 heterocycles. The number of aromatic nitrogens is 3. The number of thioether (sulfide) groups is 1. The standard InChI is InChI=1S/C26H32N4O5S/c1-16(17-12-10-9-11-13-17)29-20(31)14-19(18-15-27-22(36-8)28-21(18)29)30(23(32)34-25(2,3)4)24(33)35-26(5,6)7/h9-16H,1-8H3/t16-/m0/s1. The van der Waals surface area contributed by atoms with Crippen LogP contribution in [0.25, 0.3) is 11.0 Å². The molecule has 0 spiro atoms. The van der Waals surface area contributed by atoms with Gasteiger partial charge >= 0.3 is 12.2 Å². The second-order valence-corrected chi connectivity index (χ2v) is 11.0. The number of anilines is 1. The molecule has 0 aliphatic rings. The summed E-state index contributed by atoms with van der Waals surface area (Å²) in [5.74, 6) is 0. The highest BCUT2D eigenvalue weighted by molar-refractivity contribution is 7.98. The lowest BCUT2D eigenvalue weighted by Crippen LogP contribution is -2.44. The van der Waals surface area contributed by atoms with E-state index in [1.165, 1.54) is 28.6 Å². The maximum Gasteiger partial charge on any atom is 0.424 e. The van der Waals surface area contributed by atoms with E-state index < -0.39 is 28.9 Å². The maximum absolute atomic E-state index is 13.6. The van der Waals surface area contributed by atoms with Crippen LogP contribution in [0.1, 0.15) is 60.1 Å². The monoisotopic (exact) mass is 512 g/mol. The minimum Gasteiger partial charge on any atom is -0.443 e. The van der Waals surface area contributed by atoms with Gasteiger partial charge in [-0.15, -0.1) is 0 Å². The van der Waals surface area contributed by atoms with E-state index in [-0.39, 0.29) is 17.4 Å². The van der Waals surface area contributed by atoms with E-state index in [9.17, 15) is 14.4 Å². The second-order valence-electron chi connectivity index (χ2n) is 10.2. The lowest BCUT2D eigenvalue weighted by molar-refractivity contribution is 0.0431. The van der Waals surface area contributed by atoms with E-state index in [4.69, 9.17) is 9.47 Å². The summed E-state index contributed by atoms with van der Waals surface area (Å²) in [6.45, 7) is 12.0. The van der Waals surface area contributed by atoms with Crippen molar-refractivity contribution in [2.24, 2.45) is 0 Å². The molecule has 1 aromatic carbocycles. The molecule has 0 radical (unpaired) electrons. The number of imide groups is 1. The molecule has 0 N–H and O–H groups in total. The first-order valence-electron chi connectivity index (χ1n) is 11.5. The number of carbonyl (C=O) groups is 2. The van der Waals surface area contributed by atoms with Crippen LogP contribution in [0.3, 0.4) is 0 Å². The number of amides is 2. The number of pyridine rings is 1. The van der Waals surface area contributed by atoms with Crippen molar-refractivity contribution < 1.29 is 19.1 Å². The lowest BCUT2D eigenvalue weighted by Gasteiger charge is -2.29. The number of ether oxygens (including phenoxy) is 2. The molecule has 3 rings (SSSR count). The Morgan fingerprint density at radius 1 is 1.00 bits per heavy atom. The first-order chi connectivity index (χ1) is 16.7. The highest BCUT2D eigenvalue weighted by atomic mass is 32.2. The van der Waals surface area contributed by atoms with Crippen LogP contribution >= 0.6 is 11.8 Å². The van der Waals surface area contributed by atoms with Crippen LogP contribution in [0.2, 0.25) is 0 Å². The Hall–Kier alpha value is -3.40. The highest BCUT2D eigenvalue weighted by Gasteiger charge is 2.35. The molecular formula is C26H32N4O5S. The zero-order valence-corrected chi connectivity index (χ0v) is 22.7. The molecule has 1 atom stereocenters. The van der Waals surface area contributed by atoms with Gasteiger partial charge in [-0.3, -0.25) is 9.36 Å². The quantitative estimate of drug-likeness (QED) is 0.319. The van der Waals surface area contributed by atoms with E-state index in [2.05, 4.69) is 9.97 Å². The van der Waals surface area contributed by atoms with E-state index in [1.807, 2.05) is 43.5 Å². The second kappa shape index (κ2) is 10.3. The first kappa shape index (κ1) is 27.2. The molecule has 36 heavy (non-hydrogen) atoms. The van der Waals surface area contributed by atoms with E-state index in [0.717, 1.165) is 10.5 Å². The summed E-state index contributed by atoms with van der Waals surface area (Å²) < 4.78 is 12.5. The Balaban J connectivity index is 2.31. The van der Waals surface area contributed by atoms with Gasteiger partial charge in [0.1, 0.15) is 16.8 Å². The average Bonchev–Trinajstić information content (AvgIpc) is 2.76. The minimum absolute atomic E-state index is 0.0114. The molecule has 0 saturated heterocycles. The Kier molecular flexibility index (Phi) is 7.78. The maximum atomic E-state index is 13.6. The number of rotatable bonds is 4. The van der Waals surface area contributed by atoms with Crippen LogP contribution in [-0.4, -0.2) is 44.2 Å². The summed E-state index contributed by atoms with van der Waals surface area (Å²) >= 11 is 1.31. The van der Waals surface area contributed by atoms with Gasteiger partial charge in [0.05, 0.1) is 17.1 Å². The van der Waals surface area contributed by atoms with Crippen LogP contribution in [-0.2, 0) is 9.47 Å². The third-order valence-electron chi connectivity index (χ3n) is 4.99. The molecule has 0 aliphatic heterocycles. The van der Waals surface area contributed by atoms with Gasteiger partial charge in [-0.1, -0.05) is 42.1 Å². The summed E-state index contributed by atoms with van der Waals surface area (Å²) in [6, 6.07) is 10.4. The highest BCUT2D eigenvalue weighted by Crippen LogP contribution is 2.30. The Morgan fingerprint density at radius 2 is 1.56 bits per heavy atom. The van der Waals surface area contributed by atoms with Crippen molar-refractivity contribution in [2.75, 3.05) is 11.2 Å². The predicted octanol–water partition coefficient (Wildman–Crippen LogP) is 5.80. The molecule has 0 unspecified atom stereocenters. The summed E-state index contributed by atoms with van der Waals surface area (Å²) in [7, 11) is 0. The number of carbonyl (C=O) groups excluding carboxylic acids is 2. The van der Waals surface area contributed by atoms with Gasteiger partial charge in [0.15, 0.2) is 5.16 Å². The molecular weight excluding hydrogens is 480 g/mol. The Morgan fingerprint density at radius 3 is 2.06 bits per heavy atom. The summed E-state index contributed by atoms with van der Waals surface area (Å²) in [4.78, 5) is 49.7. The SMILES string of the molecule is CSc1ncc2c(N(C(=O)OC(C)(C)C)C(=O)OC(C)(C)C)cc(=O)n([C@@H](C)c3ccccc3)c2n1. The summed E-state index contributed by atoms with van der Waals surface area (Å²) in [5, 5.41) is 0.765. The fraction of sp³-hybridized carbons (Fsp3) is 0.423. The predicted molar refractivity (Wildman–Crippen MR) is 141 cm³/mol. The van der Waals surface area contributed by atoms with Crippen molar-refractivity contribution in [2.45, 2.75) is 70.9 Å². The summed E-state index contributed by atoms with van der Waals surface area (Å²) in [5.41, 5.74) is -1.07. The number of hydrogen-bond acceptors (Lipinski definition) is 8. The first-order valence-corrected chi connectivity index (χ1v) is 12.7. The van der Waals surface area contributed by atoms with Gasteiger partial charge in [-0.25, -0.2) is 19.6 Å². The van der Waals surface area contributed by atoms with Gasteiger partial charge < -0.3 is 9.47 Å². The molecule has 10 heteroatoms. The van der Waals surface area contributed by atoms with E-state index in [0.29, 0.717) is 10.5 Å². The van der Waals surface area contributed by atoms with Crippen molar-refractivity contribution in [3.63, 3.8) is 0 Å². The van der Waals surface area contributed by atoms with Crippen molar-refractivity contribution >= 4 is 40.7 Å². The zero-order chi connectivity index (χ0) is 26.8. The Bertz CT molecular complexity index is 1300. The van der Waals surface area contributed by atoms with Crippen molar-refractivity contribution in [3.8, 4) is 0 Å². The lowest BCUT2D eigenvalue weighted by atomic mass is 10.1. The van der Waals surface area contributed by atoms with E-state index >= 15 is 0 Å². The van der Waals surface area contributed by atoms with Crippen molar-refractivity contribution in [1.29, 1.82) is 0 Å². The average molecular weight is 513 g/mol. The fourth-order valence-electron chi connectivity index (χ4n) is 3.51. The largest absolute Gasteiger partial charge is 0.443 e. The number of fused-ring (bicyclic) bond motifs is 1. The smallest absolute Gasteiger partial charge is 0.424 e. The fourth-order valence-corrected chi connectivity index (χ4v) is 3.85. The molecule has 3 aromatic rings. The summed E-state index contributed by atoms with van der Waals surface area (Å²) in [6.07, 6.45) is 1.38.